The van der Waals surface area contributed by atoms with Crippen LogP contribution in [-0.2, 0) is 45.9 Å². The number of aromatic nitrogens is 4. The van der Waals surface area contributed by atoms with Crippen molar-refractivity contribution < 1.29 is 90.0 Å². The zero-order chi connectivity index (χ0) is 41.6. The average Bonchev–Trinajstić information content (AvgIpc) is 3.81. The number of hydrogen-bond acceptors (Lipinski definition) is 24. The number of carbonyl (C=O) groups excluding carboxylic acids is 3. The molecule has 1 fully saturated rings. The molecule has 312 valence electrons. The Hall–Kier alpha value is -3.36. The number of fused-ring (bicyclic) bond motifs is 1. The number of anilines is 1. The summed E-state index contributed by atoms with van der Waals surface area (Å²) < 4.78 is 65.0. The highest BCUT2D eigenvalue weighted by molar-refractivity contribution is 8.14. The fraction of sp³-hybridized carbons (Fsp3) is 0.538. The number of nitrogens with one attached hydrogen (secondary N) is 2. The fourth-order valence-electron chi connectivity index (χ4n) is 4.75. The number of hydrogen-bond donors (Lipinski definition) is 5. The van der Waals surface area contributed by atoms with Gasteiger partial charge in [-0.25, -0.2) is 19.3 Å². The van der Waals surface area contributed by atoms with E-state index in [1.165, 1.54) is 19.9 Å². The lowest BCUT2D eigenvalue weighted by Crippen LogP contribution is -2.46. The van der Waals surface area contributed by atoms with Crippen molar-refractivity contribution in [3.63, 3.8) is 0 Å². The number of rotatable bonds is 20. The van der Waals surface area contributed by atoms with Crippen LogP contribution in [-0.4, -0.2) is 103 Å². The smallest absolute Gasteiger partial charge is 0.274 e. The van der Waals surface area contributed by atoms with E-state index >= 15 is 0 Å². The molecule has 2 amide bonds. The third kappa shape index (κ3) is 12.6. The molecule has 0 saturated carbocycles. The van der Waals surface area contributed by atoms with Gasteiger partial charge < -0.3 is 78.6 Å². The Morgan fingerprint density at radius 1 is 1.07 bits per heavy atom. The van der Waals surface area contributed by atoms with Gasteiger partial charge in [0.2, 0.25) is 16.9 Å². The molecule has 30 heteroatoms. The van der Waals surface area contributed by atoms with Crippen LogP contribution >= 0.6 is 35.2 Å². The van der Waals surface area contributed by atoms with Crippen LogP contribution in [0.2, 0.25) is 0 Å². The number of thioether (sulfide) groups is 1. The summed E-state index contributed by atoms with van der Waals surface area (Å²) in [6, 6.07) is 2.30. The molecule has 4 heterocycles. The number of nitrogens with two attached hydrogens (primary N) is 1. The van der Waals surface area contributed by atoms with Gasteiger partial charge in [0.05, 0.1) is 39.1 Å². The molecule has 0 spiro atoms. The Balaban J connectivity index is 1.23. The predicted molar refractivity (Wildman–Crippen MR) is 176 cm³/mol. The minimum Gasteiger partial charge on any atom is -0.790 e. The minimum atomic E-state index is -5.93. The van der Waals surface area contributed by atoms with Crippen molar-refractivity contribution in [2.24, 2.45) is 5.41 Å². The Morgan fingerprint density at radius 2 is 1.77 bits per heavy atom. The van der Waals surface area contributed by atoms with E-state index in [-0.39, 0.29) is 48.0 Å². The molecule has 4 rings (SSSR count). The Kier molecular flexibility index (Phi) is 15.0. The van der Waals surface area contributed by atoms with Crippen LogP contribution in [0.4, 0.5) is 5.82 Å². The molecule has 26 nitrogen and oxygen atoms in total. The van der Waals surface area contributed by atoms with E-state index in [0.717, 1.165) is 35.0 Å². The van der Waals surface area contributed by atoms with Crippen LogP contribution in [0.5, 0.6) is 5.95 Å². The number of phosphoric acid groups is 3. The average molecular weight is 873 g/mol. The van der Waals surface area contributed by atoms with E-state index in [0.29, 0.717) is 0 Å². The molecular weight excluding hydrogens is 839 g/mol. The highest BCUT2D eigenvalue weighted by Crippen LogP contribution is 2.56. The van der Waals surface area contributed by atoms with Gasteiger partial charge in [-0.15, -0.1) is 0 Å². The Labute approximate surface area is 319 Å². The number of phosphoric ester groups is 3. The van der Waals surface area contributed by atoms with E-state index in [1.807, 2.05) is 0 Å². The van der Waals surface area contributed by atoms with Gasteiger partial charge in [0.15, 0.2) is 17.7 Å². The molecule has 0 radical (unpaired) electrons. The first-order chi connectivity index (χ1) is 26.0. The maximum absolute atomic E-state index is 12.5. The van der Waals surface area contributed by atoms with Crippen LogP contribution in [0, 0.1) is 5.41 Å². The van der Waals surface area contributed by atoms with Gasteiger partial charge in [0.1, 0.15) is 36.3 Å². The molecule has 1 aliphatic rings. The summed E-state index contributed by atoms with van der Waals surface area (Å²) in [4.78, 5) is 95.8. The molecule has 1 saturated heterocycles. The molecule has 0 bridgehead atoms. The maximum atomic E-state index is 12.5. The van der Waals surface area contributed by atoms with Gasteiger partial charge in [-0.3, -0.25) is 28.1 Å². The number of carbonyl (C=O) groups is 3. The summed E-state index contributed by atoms with van der Waals surface area (Å²) in [5.41, 5.74) is 4.01. The van der Waals surface area contributed by atoms with Crippen LogP contribution in [0.3, 0.4) is 0 Å². The second-order valence-electron chi connectivity index (χ2n) is 12.2. The molecule has 0 aliphatic carbocycles. The highest BCUT2D eigenvalue weighted by Gasteiger charge is 2.47. The maximum Gasteiger partial charge on any atom is 0.274 e. The van der Waals surface area contributed by atoms with Gasteiger partial charge >= 0.3 is 0 Å². The second kappa shape index (κ2) is 18.5. The number of amides is 2. The van der Waals surface area contributed by atoms with Gasteiger partial charge in [-0.05, 0) is 12.1 Å². The Morgan fingerprint density at radius 3 is 2.43 bits per heavy atom. The van der Waals surface area contributed by atoms with Crippen LogP contribution in [0.25, 0.3) is 11.2 Å². The van der Waals surface area contributed by atoms with Crippen molar-refractivity contribution in [3.8, 4) is 5.95 Å². The SMILES string of the molecule is CC(C)(COP(=O)([O-])OP(=O)([O-])OC[C@H]1O[C@@H](n2cnc3c(N)ncnc32)[C@H](O)[C@@H]1OP(=O)([O-])[O-])[C@@H](O)C(=O)NCCC(=O)NCCSC(=O)c1ccc([O-])o1. The molecule has 0 aromatic carbocycles. The first-order valence-electron chi connectivity index (χ1n) is 15.7. The lowest BCUT2D eigenvalue weighted by Gasteiger charge is -2.36. The van der Waals surface area contributed by atoms with E-state index in [9.17, 15) is 63.0 Å². The molecule has 7 atom stereocenters. The lowest BCUT2D eigenvalue weighted by molar-refractivity contribution is -0.347. The molecule has 6 N–H and O–H groups in total. The van der Waals surface area contributed by atoms with E-state index in [2.05, 4.69) is 47.9 Å². The molecule has 3 aromatic heterocycles. The van der Waals surface area contributed by atoms with E-state index in [1.54, 1.807) is 0 Å². The van der Waals surface area contributed by atoms with Crippen molar-refractivity contribution in [1.82, 2.24) is 30.2 Å². The summed E-state index contributed by atoms with van der Waals surface area (Å²) in [5, 5.41) is 36.5. The predicted octanol–water partition coefficient (Wildman–Crippen LogP) is -3.88. The van der Waals surface area contributed by atoms with Crippen molar-refractivity contribution in [2.75, 3.05) is 37.8 Å². The number of nitrogen functional groups attached to an aromatic ring is 1. The standard InChI is InChI=1S/C26H38N7O19P3S/c1-26(2,20(37)23(38)29-6-5-15(34)28-7-8-56-25(39)13-3-4-16(35)49-13)10-48-55(45,46)52-54(43,44)47-9-14-19(51-53(40,41)42)18(36)24(50-14)33-12-32-17-21(27)30-11-31-22(17)33/h3-4,11-12,14,18-20,24,35-37H,5-10H2,1-2H3,(H,28,34)(H,29,38)(H,43,44)(H,45,46)(H2,27,30,31)(H2,40,41,42)/p-5/t14-,18-,19-,20+,24-/m1/s1. The number of furan rings is 1. The van der Waals surface area contributed by atoms with Gasteiger partial charge in [-0.1, -0.05) is 25.6 Å². The summed E-state index contributed by atoms with van der Waals surface area (Å²) in [6.45, 7) is -0.191. The lowest BCUT2D eigenvalue weighted by atomic mass is 9.87. The van der Waals surface area contributed by atoms with Crippen molar-refractivity contribution >= 4 is 69.1 Å². The van der Waals surface area contributed by atoms with Crippen molar-refractivity contribution in [3.05, 3.63) is 30.5 Å². The topological polar surface area (TPSA) is 411 Å². The first kappa shape index (κ1) is 45.3. The third-order valence-electron chi connectivity index (χ3n) is 7.49. The molecule has 3 aromatic rings. The summed E-state index contributed by atoms with van der Waals surface area (Å²) in [6.07, 6.45) is -7.75. The van der Waals surface area contributed by atoms with E-state index < -0.39 is 95.6 Å². The zero-order valence-corrected chi connectivity index (χ0v) is 32.4. The third-order valence-corrected chi connectivity index (χ3v) is 11.4. The molecule has 2 unspecified atom stereocenters. The molecular formula is C26H33N7O19P3S-5. The number of aliphatic hydroxyl groups is 2. The molecule has 1 aliphatic heterocycles. The highest BCUT2D eigenvalue weighted by atomic mass is 32.2. The van der Waals surface area contributed by atoms with Gasteiger partial charge in [0.25, 0.3) is 15.6 Å². The summed E-state index contributed by atoms with van der Waals surface area (Å²) >= 11 is 0.792. The second-order valence-corrected chi connectivity index (χ2v) is 17.4. The number of aliphatic hydroxyl groups excluding tert-OH is 2. The number of imidazole rings is 1. The summed E-state index contributed by atoms with van der Waals surface area (Å²) in [7, 11) is -17.6. The first-order valence-corrected chi connectivity index (χ1v) is 21.1. The van der Waals surface area contributed by atoms with Gasteiger partial charge in [0, 0.05) is 30.7 Å². The van der Waals surface area contributed by atoms with E-state index in [4.69, 9.17) is 10.5 Å². The molecule has 56 heavy (non-hydrogen) atoms. The van der Waals surface area contributed by atoms with Crippen LogP contribution < -0.4 is 41.0 Å². The fourth-order valence-corrected chi connectivity index (χ4v) is 8.13. The quantitative estimate of drug-likeness (QED) is 0.0535. The largest absolute Gasteiger partial charge is 0.790 e. The van der Waals surface area contributed by atoms with Gasteiger partial charge in [-0.2, -0.15) is 0 Å². The van der Waals surface area contributed by atoms with Crippen molar-refractivity contribution in [1.29, 1.82) is 0 Å². The number of nitrogens with zero attached hydrogens (tertiary/aromatic N) is 4. The number of ether oxygens (including phenoxy) is 1. The minimum absolute atomic E-state index is 0.0308. The van der Waals surface area contributed by atoms with Crippen molar-refractivity contribution in [2.45, 2.75) is 50.9 Å². The zero-order valence-electron chi connectivity index (χ0n) is 28.9. The van der Waals surface area contributed by atoms with Crippen LogP contribution in [0.15, 0.2) is 29.2 Å². The monoisotopic (exact) mass is 872 g/mol. The van der Waals surface area contributed by atoms with Crippen LogP contribution in [0.1, 0.15) is 37.1 Å². The summed E-state index contributed by atoms with van der Waals surface area (Å²) in [5.74, 6) is -2.35. The normalized spacial score (nSPS) is 21.6. The Bertz CT molecular complexity index is 2030.